The lowest BCUT2D eigenvalue weighted by molar-refractivity contribution is -0.124. The molecule has 1 aliphatic heterocycles. The Morgan fingerprint density at radius 1 is 1.22 bits per heavy atom. The van der Waals surface area contributed by atoms with Gasteiger partial charge in [0.05, 0.1) is 0 Å². The molecular weight excluding hydrogens is 292 g/mol. The summed E-state index contributed by atoms with van der Waals surface area (Å²) in [6, 6.07) is 11.6. The number of hydrogen-bond acceptors (Lipinski definition) is 4. The second-order valence-corrected chi connectivity index (χ2v) is 5.93. The number of benzene rings is 1. The van der Waals surface area contributed by atoms with Crippen molar-refractivity contribution in [2.45, 2.75) is 25.7 Å². The number of aryl methyl sites for hydroxylation is 1. The number of amides is 1. The number of aromatic nitrogens is 1. The summed E-state index contributed by atoms with van der Waals surface area (Å²) in [5.41, 5.74) is 1.48. The van der Waals surface area contributed by atoms with E-state index in [1.54, 1.807) is 11.0 Å². The minimum Gasteiger partial charge on any atom is -0.364 e. The zero-order valence-electron chi connectivity index (χ0n) is 13.0. The molecule has 1 saturated heterocycles. The van der Waals surface area contributed by atoms with Crippen LogP contribution in [-0.4, -0.2) is 34.8 Å². The Hall–Kier alpha value is -2.43. The third-order valence-electron chi connectivity index (χ3n) is 4.32. The van der Waals surface area contributed by atoms with Crippen molar-refractivity contribution in [3.05, 3.63) is 53.9 Å². The Bertz CT molecular complexity index is 652. The summed E-state index contributed by atoms with van der Waals surface area (Å²) in [6.07, 6.45) is 4.38. The van der Waals surface area contributed by atoms with Crippen molar-refractivity contribution in [1.82, 2.24) is 10.1 Å². The molecule has 0 aliphatic carbocycles. The lowest BCUT2D eigenvalue weighted by Crippen LogP contribution is -2.42. The highest BCUT2D eigenvalue weighted by Crippen LogP contribution is 2.21. The van der Waals surface area contributed by atoms with Gasteiger partial charge >= 0.3 is 0 Å². The highest BCUT2D eigenvalue weighted by Gasteiger charge is 2.29. The predicted molar refractivity (Wildman–Crippen MR) is 84.9 cm³/mol. The van der Waals surface area contributed by atoms with Crippen molar-refractivity contribution in [2.75, 3.05) is 13.1 Å². The van der Waals surface area contributed by atoms with Crippen LogP contribution in [0.5, 0.6) is 0 Å². The van der Waals surface area contributed by atoms with E-state index in [1.165, 1.54) is 11.8 Å². The van der Waals surface area contributed by atoms with Gasteiger partial charge in [0.15, 0.2) is 5.69 Å². The van der Waals surface area contributed by atoms with Crippen LogP contribution < -0.4 is 0 Å². The van der Waals surface area contributed by atoms with Crippen LogP contribution >= 0.6 is 0 Å². The van der Waals surface area contributed by atoms with Gasteiger partial charge in [0.2, 0.25) is 0 Å². The molecule has 3 rings (SSSR count). The molecular formula is C18H20N2O3. The molecule has 1 aliphatic rings. The maximum atomic E-state index is 12.5. The van der Waals surface area contributed by atoms with Crippen LogP contribution in [0.2, 0.25) is 0 Å². The van der Waals surface area contributed by atoms with E-state index in [4.69, 9.17) is 4.52 Å². The number of rotatable bonds is 5. The molecule has 1 aromatic carbocycles. The van der Waals surface area contributed by atoms with E-state index in [1.807, 2.05) is 30.3 Å². The zero-order valence-corrected chi connectivity index (χ0v) is 13.0. The van der Waals surface area contributed by atoms with Gasteiger partial charge < -0.3 is 9.42 Å². The van der Waals surface area contributed by atoms with E-state index in [0.29, 0.717) is 25.2 Å². The number of piperidine rings is 1. The average Bonchev–Trinajstić information content (AvgIpc) is 3.14. The summed E-state index contributed by atoms with van der Waals surface area (Å²) < 4.78 is 4.72. The molecule has 120 valence electrons. The molecule has 23 heavy (non-hydrogen) atoms. The Morgan fingerprint density at radius 2 is 2.04 bits per heavy atom. The number of nitrogens with zero attached hydrogens (tertiary/aromatic N) is 2. The van der Waals surface area contributed by atoms with Gasteiger partial charge in [-0.15, -0.1) is 0 Å². The molecule has 5 heteroatoms. The van der Waals surface area contributed by atoms with Gasteiger partial charge in [-0.2, -0.15) is 0 Å². The summed E-state index contributed by atoms with van der Waals surface area (Å²) in [7, 11) is 0. The van der Waals surface area contributed by atoms with Gasteiger partial charge in [-0.05, 0) is 24.8 Å². The van der Waals surface area contributed by atoms with Crippen LogP contribution in [-0.2, 0) is 11.2 Å². The van der Waals surface area contributed by atoms with Gasteiger partial charge in [0.25, 0.3) is 5.91 Å². The average molecular weight is 312 g/mol. The molecule has 2 heterocycles. The van der Waals surface area contributed by atoms with Crippen molar-refractivity contribution in [3.8, 4) is 0 Å². The Labute approximate surface area is 135 Å². The molecule has 2 aromatic rings. The summed E-state index contributed by atoms with van der Waals surface area (Å²) in [4.78, 5) is 26.5. The van der Waals surface area contributed by atoms with Crippen LogP contribution in [0.1, 0.15) is 35.3 Å². The van der Waals surface area contributed by atoms with Crippen LogP contribution in [0.3, 0.4) is 0 Å². The van der Waals surface area contributed by atoms with Crippen molar-refractivity contribution in [3.63, 3.8) is 0 Å². The maximum Gasteiger partial charge on any atom is 0.276 e. The first-order valence-corrected chi connectivity index (χ1v) is 8.00. The lowest BCUT2D eigenvalue weighted by Gasteiger charge is -2.31. The van der Waals surface area contributed by atoms with Gasteiger partial charge in [0.1, 0.15) is 12.0 Å². The molecule has 1 fully saturated rings. The van der Waals surface area contributed by atoms with Crippen molar-refractivity contribution < 1.29 is 14.1 Å². The zero-order chi connectivity index (χ0) is 16.1. The van der Waals surface area contributed by atoms with Crippen molar-refractivity contribution in [2.24, 2.45) is 5.92 Å². The molecule has 1 atom stereocenters. The molecule has 0 spiro atoms. The number of likely N-dealkylation sites (tertiary alicyclic amines) is 1. The highest BCUT2D eigenvalue weighted by molar-refractivity contribution is 5.92. The lowest BCUT2D eigenvalue weighted by atomic mass is 9.90. The summed E-state index contributed by atoms with van der Waals surface area (Å²) in [5, 5.41) is 3.69. The van der Waals surface area contributed by atoms with Crippen LogP contribution in [0, 0.1) is 5.92 Å². The van der Waals surface area contributed by atoms with Crippen molar-refractivity contribution >= 4 is 11.7 Å². The normalized spacial score (nSPS) is 17.9. The van der Waals surface area contributed by atoms with Gasteiger partial charge in [-0.25, -0.2) is 0 Å². The summed E-state index contributed by atoms with van der Waals surface area (Å²) in [6.45, 7) is 1.16. The third kappa shape index (κ3) is 3.86. The third-order valence-corrected chi connectivity index (χ3v) is 4.32. The molecule has 1 aromatic heterocycles. The highest BCUT2D eigenvalue weighted by atomic mass is 16.5. The van der Waals surface area contributed by atoms with Gasteiger partial charge in [0, 0.05) is 31.5 Å². The molecule has 0 radical (unpaired) electrons. The van der Waals surface area contributed by atoms with Crippen LogP contribution in [0.4, 0.5) is 0 Å². The molecule has 0 bridgehead atoms. The van der Waals surface area contributed by atoms with Gasteiger partial charge in [-0.3, -0.25) is 9.59 Å². The van der Waals surface area contributed by atoms with E-state index in [9.17, 15) is 9.59 Å². The Balaban J connectivity index is 1.55. The van der Waals surface area contributed by atoms with Crippen LogP contribution in [0.15, 0.2) is 47.2 Å². The molecule has 5 nitrogen and oxygen atoms in total. The fourth-order valence-corrected chi connectivity index (χ4v) is 3.03. The quantitative estimate of drug-likeness (QED) is 0.851. The van der Waals surface area contributed by atoms with E-state index >= 15 is 0 Å². The first-order valence-electron chi connectivity index (χ1n) is 8.00. The molecule has 0 saturated carbocycles. The second-order valence-electron chi connectivity index (χ2n) is 5.93. The summed E-state index contributed by atoms with van der Waals surface area (Å²) >= 11 is 0. The number of carbonyl (C=O) groups is 2. The predicted octanol–water partition coefficient (Wildman–Crippen LogP) is 2.73. The van der Waals surface area contributed by atoms with Crippen LogP contribution in [0.25, 0.3) is 0 Å². The molecule has 0 unspecified atom stereocenters. The van der Waals surface area contributed by atoms with Gasteiger partial charge in [-0.1, -0.05) is 35.5 Å². The monoisotopic (exact) mass is 312 g/mol. The van der Waals surface area contributed by atoms with E-state index < -0.39 is 0 Å². The largest absolute Gasteiger partial charge is 0.364 e. The minimum atomic E-state index is -0.153. The smallest absolute Gasteiger partial charge is 0.276 e. The van der Waals surface area contributed by atoms with E-state index in [0.717, 1.165) is 19.3 Å². The number of Topliss-reactive ketones (excluding diaryl/α,β-unsaturated/α-hetero) is 1. The summed E-state index contributed by atoms with van der Waals surface area (Å²) in [5.74, 6) is 0.0223. The first-order chi connectivity index (χ1) is 11.2. The fraction of sp³-hybridized carbons (Fsp3) is 0.389. The molecule has 0 N–H and O–H groups in total. The van der Waals surface area contributed by atoms with Crippen molar-refractivity contribution in [1.29, 1.82) is 0 Å². The molecule has 1 amide bonds. The Kier molecular flexibility index (Phi) is 4.86. The minimum absolute atomic E-state index is 0.0664. The number of hydrogen-bond donors (Lipinski definition) is 0. The SMILES string of the molecule is O=C(CCc1ccccc1)[C@H]1CCCN(C(=O)c2ccon2)C1. The maximum absolute atomic E-state index is 12.5. The standard InChI is InChI=1S/C18H20N2O3/c21-17(9-8-14-5-2-1-3-6-14)15-7-4-11-20(13-15)18(22)16-10-12-23-19-16/h1-3,5-6,10,12,15H,4,7-9,11,13H2/t15-/m0/s1. The fourth-order valence-electron chi connectivity index (χ4n) is 3.03. The number of carbonyl (C=O) groups excluding carboxylic acids is 2. The first kappa shape index (κ1) is 15.5. The second kappa shape index (κ2) is 7.22. The topological polar surface area (TPSA) is 63.4 Å². The number of ketones is 1. The van der Waals surface area contributed by atoms with E-state index in [-0.39, 0.29) is 17.6 Å². The Morgan fingerprint density at radius 3 is 2.78 bits per heavy atom. The van der Waals surface area contributed by atoms with E-state index in [2.05, 4.69) is 5.16 Å².